The Hall–Kier alpha value is -3.46. The first kappa shape index (κ1) is 16.4. The molecule has 0 radical (unpaired) electrons. The third kappa shape index (κ3) is 4.75. The number of benzene rings is 3. The normalized spacial score (nSPS) is 9.76. The van der Waals surface area contributed by atoms with Gasteiger partial charge in [0.15, 0.2) is 0 Å². The molecule has 4 aromatic rings. The number of nitrogens with zero attached hydrogens (tertiary/aromatic N) is 2. The van der Waals surface area contributed by atoms with E-state index >= 15 is 0 Å². The lowest BCUT2D eigenvalue weighted by molar-refractivity contribution is 0.475. The third-order valence-electron chi connectivity index (χ3n) is 3.55. The predicted molar refractivity (Wildman–Crippen MR) is 101 cm³/mol. The standard InChI is InChI=1S/C16H12N2.C6H6O/c1-3-7-13(8-4-1)15-11-18-16(12-17-15)14-9-5-2-6-10-14;7-6-4-2-1-3-5-6/h1-12H;1-5,7H. The molecule has 0 aliphatic carbocycles. The maximum Gasteiger partial charge on any atom is 0.115 e. The van der Waals surface area contributed by atoms with Crippen LogP contribution < -0.4 is 0 Å². The van der Waals surface area contributed by atoms with E-state index in [1.165, 1.54) is 0 Å². The highest BCUT2D eigenvalue weighted by molar-refractivity contribution is 5.62. The summed E-state index contributed by atoms with van der Waals surface area (Å²) in [6, 6.07) is 28.8. The van der Waals surface area contributed by atoms with Crippen molar-refractivity contribution in [3.8, 4) is 28.3 Å². The van der Waals surface area contributed by atoms with Crippen molar-refractivity contribution in [1.82, 2.24) is 9.97 Å². The minimum Gasteiger partial charge on any atom is -0.508 e. The molecule has 4 rings (SSSR count). The Kier molecular flexibility index (Phi) is 5.52. The van der Waals surface area contributed by atoms with Gasteiger partial charge < -0.3 is 5.11 Å². The van der Waals surface area contributed by atoms with Gasteiger partial charge in [0.1, 0.15) is 5.75 Å². The fourth-order valence-corrected chi connectivity index (χ4v) is 2.27. The van der Waals surface area contributed by atoms with E-state index in [-0.39, 0.29) is 0 Å². The van der Waals surface area contributed by atoms with Crippen LogP contribution in [0.1, 0.15) is 0 Å². The largest absolute Gasteiger partial charge is 0.508 e. The van der Waals surface area contributed by atoms with E-state index in [0.29, 0.717) is 5.75 Å². The van der Waals surface area contributed by atoms with Crippen LogP contribution >= 0.6 is 0 Å². The Morgan fingerprint density at radius 2 is 0.840 bits per heavy atom. The molecule has 3 heteroatoms. The van der Waals surface area contributed by atoms with Crippen molar-refractivity contribution in [3.05, 3.63) is 103 Å². The van der Waals surface area contributed by atoms with Crippen molar-refractivity contribution in [2.75, 3.05) is 0 Å². The lowest BCUT2D eigenvalue weighted by Crippen LogP contribution is -1.88. The van der Waals surface area contributed by atoms with Gasteiger partial charge in [0.05, 0.1) is 23.8 Å². The summed E-state index contributed by atoms with van der Waals surface area (Å²) in [6.45, 7) is 0. The van der Waals surface area contributed by atoms with Gasteiger partial charge in [0, 0.05) is 11.1 Å². The molecule has 0 unspecified atom stereocenters. The van der Waals surface area contributed by atoms with Gasteiger partial charge >= 0.3 is 0 Å². The molecule has 0 saturated heterocycles. The minimum atomic E-state index is 0.322. The Morgan fingerprint density at radius 3 is 1.12 bits per heavy atom. The number of rotatable bonds is 2. The topological polar surface area (TPSA) is 46.0 Å². The summed E-state index contributed by atoms with van der Waals surface area (Å²) < 4.78 is 0. The summed E-state index contributed by atoms with van der Waals surface area (Å²) in [7, 11) is 0. The predicted octanol–water partition coefficient (Wildman–Crippen LogP) is 5.20. The van der Waals surface area contributed by atoms with Crippen LogP contribution in [0.4, 0.5) is 0 Å². The summed E-state index contributed by atoms with van der Waals surface area (Å²) in [5.41, 5.74) is 3.97. The van der Waals surface area contributed by atoms with Crippen LogP contribution in [0.3, 0.4) is 0 Å². The number of phenols is 1. The molecule has 1 N–H and O–H groups in total. The molecule has 3 aromatic carbocycles. The van der Waals surface area contributed by atoms with Crippen LogP contribution in [0.25, 0.3) is 22.5 Å². The lowest BCUT2D eigenvalue weighted by atomic mass is 10.1. The zero-order valence-electron chi connectivity index (χ0n) is 13.7. The molecule has 0 atom stereocenters. The molecular formula is C22H18N2O. The molecule has 25 heavy (non-hydrogen) atoms. The van der Waals surface area contributed by atoms with Crippen LogP contribution in [0.15, 0.2) is 103 Å². The van der Waals surface area contributed by atoms with Crippen molar-refractivity contribution in [1.29, 1.82) is 0 Å². The smallest absolute Gasteiger partial charge is 0.115 e. The van der Waals surface area contributed by atoms with E-state index < -0.39 is 0 Å². The molecule has 0 amide bonds. The molecule has 1 heterocycles. The first-order valence-electron chi connectivity index (χ1n) is 8.00. The Morgan fingerprint density at radius 1 is 0.480 bits per heavy atom. The fourth-order valence-electron chi connectivity index (χ4n) is 2.27. The average molecular weight is 326 g/mol. The van der Waals surface area contributed by atoms with E-state index in [2.05, 4.69) is 9.97 Å². The van der Waals surface area contributed by atoms with E-state index in [4.69, 9.17) is 5.11 Å². The number of aromatic nitrogens is 2. The van der Waals surface area contributed by atoms with Crippen molar-refractivity contribution in [3.63, 3.8) is 0 Å². The zero-order valence-corrected chi connectivity index (χ0v) is 13.7. The van der Waals surface area contributed by atoms with Crippen molar-refractivity contribution >= 4 is 0 Å². The zero-order chi connectivity index (χ0) is 17.3. The molecule has 0 saturated carbocycles. The summed E-state index contributed by atoms with van der Waals surface area (Å²) >= 11 is 0. The molecule has 0 bridgehead atoms. The fraction of sp³-hybridized carbons (Fsp3) is 0. The van der Waals surface area contributed by atoms with E-state index in [1.54, 1.807) is 24.3 Å². The van der Waals surface area contributed by atoms with Crippen LogP contribution in [-0.2, 0) is 0 Å². The van der Waals surface area contributed by atoms with Crippen LogP contribution in [0.5, 0.6) is 5.75 Å². The number of hydrogen-bond acceptors (Lipinski definition) is 3. The van der Waals surface area contributed by atoms with Gasteiger partial charge in [-0.15, -0.1) is 0 Å². The Balaban J connectivity index is 0.000000219. The minimum absolute atomic E-state index is 0.322. The van der Waals surface area contributed by atoms with Gasteiger partial charge in [0.25, 0.3) is 0 Å². The molecule has 0 aliphatic heterocycles. The third-order valence-corrected chi connectivity index (χ3v) is 3.55. The lowest BCUT2D eigenvalue weighted by Gasteiger charge is -2.02. The number of aromatic hydroxyl groups is 1. The Labute approximate surface area is 147 Å². The van der Waals surface area contributed by atoms with Gasteiger partial charge in [-0.05, 0) is 12.1 Å². The van der Waals surface area contributed by atoms with Crippen LogP contribution in [0.2, 0.25) is 0 Å². The summed E-state index contributed by atoms with van der Waals surface area (Å²) in [5, 5.41) is 8.63. The highest BCUT2D eigenvalue weighted by Crippen LogP contribution is 2.19. The molecule has 0 fully saturated rings. The molecule has 0 spiro atoms. The van der Waals surface area contributed by atoms with Gasteiger partial charge in [0.2, 0.25) is 0 Å². The molecule has 122 valence electrons. The van der Waals surface area contributed by atoms with Crippen molar-refractivity contribution in [2.24, 2.45) is 0 Å². The first-order chi connectivity index (χ1) is 12.3. The van der Waals surface area contributed by atoms with Gasteiger partial charge in [-0.1, -0.05) is 78.9 Å². The molecule has 1 aromatic heterocycles. The van der Waals surface area contributed by atoms with Gasteiger partial charge in [-0.2, -0.15) is 0 Å². The first-order valence-corrected chi connectivity index (χ1v) is 8.00. The average Bonchev–Trinajstić information content (AvgIpc) is 2.71. The summed E-state index contributed by atoms with van der Waals surface area (Å²) in [4.78, 5) is 8.93. The highest BCUT2D eigenvalue weighted by Gasteiger charge is 2.01. The summed E-state index contributed by atoms with van der Waals surface area (Å²) in [6.07, 6.45) is 3.63. The van der Waals surface area contributed by atoms with Crippen LogP contribution in [-0.4, -0.2) is 15.1 Å². The van der Waals surface area contributed by atoms with Gasteiger partial charge in [-0.3, -0.25) is 9.97 Å². The SMILES string of the molecule is Oc1ccccc1.c1ccc(-c2cnc(-c3ccccc3)cn2)cc1. The highest BCUT2D eigenvalue weighted by atomic mass is 16.3. The quantitative estimate of drug-likeness (QED) is 0.550. The van der Waals surface area contributed by atoms with Crippen molar-refractivity contribution < 1.29 is 5.11 Å². The van der Waals surface area contributed by atoms with Crippen molar-refractivity contribution in [2.45, 2.75) is 0 Å². The number of para-hydroxylation sites is 1. The second-order valence-electron chi connectivity index (χ2n) is 5.35. The molecular weight excluding hydrogens is 308 g/mol. The summed E-state index contributed by atoms with van der Waals surface area (Å²) in [5.74, 6) is 0.322. The molecule has 3 nitrogen and oxygen atoms in total. The van der Waals surface area contributed by atoms with E-state index in [1.807, 2.05) is 79.1 Å². The second kappa shape index (κ2) is 8.41. The maximum atomic E-state index is 8.63. The van der Waals surface area contributed by atoms with E-state index in [0.717, 1.165) is 22.5 Å². The monoisotopic (exact) mass is 326 g/mol. The second-order valence-corrected chi connectivity index (χ2v) is 5.35. The van der Waals surface area contributed by atoms with Crippen LogP contribution in [0, 0.1) is 0 Å². The van der Waals surface area contributed by atoms with Gasteiger partial charge in [-0.25, -0.2) is 0 Å². The maximum absolute atomic E-state index is 8.63. The Bertz CT molecular complexity index is 819. The number of phenolic OH excluding ortho intramolecular Hbond substituents is 1. The molecule has 0 aliphatic rings. The van der Waals surface area contributed by atoms with E-state index in [9.17, 15) is 0 Å². The number of hydrogen-bond donors (Lipinski definition) is 1.